The summed E-state index contributed by atoms with van der Waals surface area (Å²) in [4.78, 5) is 0. The van der Waals surface area contributed by atoms with Gasteiger partial charge in [-0.1, -0.05) is 57.7 Å². The Bertz CT molecular complexity index is 367. The molecular weight excluding hydrogens is 218 g/mol. The molecule has 0 radical (unpaired) electrons. The largest absolute Gasteiger partial charge is 0.368 e. The van der Waals surface area contributed by atoms with Crippen LogP contribution in [0.2, 0.25) is 0 Å². The first-order valence-electron chi connectivity index (χ1n) is 6.49. The van der Waals surface area contributed by atoms with E-state index in [-0.39, 0.29) is 0 Å². The molecule has 0 heterocycles. The van der Waals surface area contributed by atoms with Gasteiger partial charge < -0.3 is 5.32 Å². The molecule has 0 bridgehead atoms. The summed E-state index contributed by atoms with van der Waals surface area (Å²) < 4.78 is 0. The maximum Gasteiger partial charge on any atom is 0.00366 e. The highest BCUT2D eigenvalue weighted by Crippen LogP contribution is 2.27. The van der Waals surface area contributed by atoms with Crippen LogP contribution in [0.15, 0.2) is 60.5 Å². The Morgan fingerprint density at radius 2 is 1.72 bits per heavy atom. The van der Waals surface area contributed by atoms with Crippen LogP contribution in [0.4, 0.5) is 0 Å². The zero-order valence-corrected chi connectivity index (χ0v) is 12.5. The summed E-state index contributed by atoms with van der Waals surface area (Å²) in [7, 11) is 0. The van der Waals surface area contributed by atoms with E-state index in [2.05, 4.69) is 65.2 Å². The first-order valence-corrected chi connectivity index (χ1v) is 6.49. The van der Waals surface area contributed by atoms with Crippen LogP contribution < -0.4 is 5.32 Å². The second-order valence-electron chi connectivity index (χ2n) is 4.93. The van der Waals surface area contributed by atoms with Gasteiger partial charge >= 0.3 is 0 Å². The summed E-state index contributed by atoms with van der Waals surface area (Å²) in [6.45, 7) is 18.3. The van der Waals surface area contributed by atoms with Crippen molar-refractivity contribution in [2.24, 2.45) is 11.8 Å². The highest BCUT2D eigenvalue weighted by atomic mass is 14.8. The Kier molecular flexibility index (Phi) is 7.86. The normalized spacial score (nSPS) is 15.6. The zero-order chi connectivity index (χ0) is 14.1. The molecule has 0 aliphatic rings. The molecule has 18 heavy (non-hydrogen) atoms. The molecule has 0 aliphatic carbocycles. The highest BCUT2D eigenvalue weighted by molar-refractivity contribution is 5.36. The van der Waals surface area contributed by atoms with E-state index >= 15 is 0 Å². The molecule has 0 aromatic heterocycles. The van der Waals surface area contributed by atoms with Crippen LogP contribution in [0.25, 0.3) is 0 Å². The summed E-state index contributed by atoms with van der Waals surface area (Å²) in [6.07, 6.45) is 9.93. The van der Waals surface area contributed by atoms with Gasteiger partial charge in [-0.2, -0.15) is 0 Å². The summed E-state index contributed by atoms with van der Waals surface area (Å²) in [5.74, 6) is 0.930. The summed E-state index contributed by atoms with van der Waals surface area (Å²) in [6, 6.07) is 0. The third kappa shape index (κ3) is 5.72. The van der Waals surface area contributed by atoms with Crippen molar-refractivity contribution in [1.29, 1.82) is 0 Å². The summed E-state index contributed by atoms with van der Waals surface area (Å²) >= 11 is 0. The maximum absolute atomic E-state index is 3.76. The van der Waals surface area contributed by atoms with E-state index < -0.39 is 0 Å². The Labute approximate surface area is 113 Å². The lowest BCUT2D eigenvalue weighted by Crippen LogP contribution is -2.06. The molecule has 1 nitrogen and oxygen atoms in total. The smallest absolute Gasteiger partial charge is 0.00366 e. The van der Waals surface area contributed by atoms with Gasteiger partial charge in [0, 0.05) is 12.1 Å². The van der Waals surface area contributed by atoms with Gasteiger partial charge in [-0.05, 0) is 37.1 Å². The van der Waals surface area contributed by atoms with Crippen LogP contribution in [-0.2, 0) is 0 Å². The molecule has 0 aliphatic heterocycles. The number of allylic oxidation sites excluding steroid dienone is 6. The molecule has 0 fully saturated rings. The first-order chi connectivity index (χ1) is 8.43. The molecule has 1 heteroatoms. The summed E-state index contributed by atoms with van der Waals surface area (Å²) in [5, 5.41) is 3.05. The van der Waals surface area contributed by atoms with E-state index in [4.69, 9.17) is 0 Å². The van der Waals surface area contributed by atoms with E-state index in [1.54, 1.807) is 6.20 Å². The van der Waals surface area contributed by atoms with Gasteiger partial charge in [0.05, 0.1) is 0 Å². The Morgan fingerprint density at radius 1 is 1.11 bits per heavy atom. The fraction of sp³-hybridized carbons (Fsp3) is 0.412. The lowest BCUT2D eigenvalue weighted by molar-refractivity contribution is 0.756. The van der Waals surface area contributed by atoms with E-state index in [9.17, 15) is 0 Å². The second kappa shape index (κ2) is 8.57. The van der Waals surface area contributed by atoms with Crippen LogP contribution >= 0.6 is 0 Å². The fourth-order valence-corrected chi connectivity index (χ4v) is 1.82. The predicted octanol–water partition coefficient (Wildman–Crippen LogP) is 4.97. The number of hydrogen-bond acceptors (Lipinski definition) is 1. The van der Waals surface area contributed by atoms with Crippen molar-refractivity contribution in [1.82, 2.24) is 5.32 Å². The second-order valence-corrected chi connectivity index (χ2v) is 4.93. The zero-order valence-electron chi connectivity index (χ0n) is 12.5. The molecule has 0 rings (SSSR count). The van der Waals surface area contributed by atoms with Crippen molar-refractivity contribution in [3.8, 4) is 0 Å². The third-order valence-electron chi connectivity index (χ3n) is 2.92. The van der Waals surface area contributed by atoms with Crippen LogP contribution in [-0.4, -0.2) is 0 Å². The molecule has 0 amide bonds. The Balaban J connectivity index is 5.31. The van der Waals surface area contributed by atoms with E-state index in [0.29, 0.717) is 11.8 Å². The Morgan fingerprint density at radius 3 is 2.17 bits per heavy atom. The van der Waals surface area contributed by atoms with Crippen molar-refractivity contribution in [3.63, 3.8) is 0 Å². The molecule has 0 saturated carbocycles. The minimum atomic E-state index is 0.397. The van der Waals surface area contributed by atoms with Crippen LogP contribution in [0, 0.1) is 11.8 Å². The summed E-state index contributed by atoms with van der Waals surface area (Å²) in [5.41, 5.74) is 3.92. The minimum absolute atomic E-state index is 0.397. The van der Waals surface area contributed by atoms with Gasteiger partial charge in [0.1, 0.15) is 0 Å². The van der Waals surface area contributed by atoms with Gasteiger partial charge in [-0.15, -0.1) is 0 Å². The molecule has 1 unspecified atom stereocenters. The van der Waals surface area contributed by atoms with E-state index in [1.165, 1.54) is 16.7 Å². The van der Waals surface area contributed by atoms with Crippen LogP contribution in [0.1, 0.15) is 34.6 Å². The lowest BCUT2D eigenvalue weighted by atomic mass is 9.87. The number of hydrogen-bond donors (Lipinski definition) is 1. The van der Waals surface area contributed by atoms with E-state index in [1.807, 2.05) is 12.3 Å². The number of rotatable bonds is 7. The van der Waals surface area contributed by atoms with Crippen molar-refractivity contribution >= 4 is 0 Å². The standard InChI is InChI=1S/C17H27N/c1-8-10-14(5)16(7)17(11-13(3)4)15(6)12-18-9-2/h8-13,16,18H,1-2H2,3-7H3/b14-10-,15-12+,17-11-. The average Bonchev–Trinajstić information content (AvgIpc) is 2.32. The van der Waals surface area contributed by atoms with E-state index in [0.717, 1.165) is 0 Å². The number of nitrogens with one attached hydrogen (secondary N) is 1. The van der Waals surface area contributed by atoms with Gasteiger partial charge in [0.2, 0.25) is 0 Å². The quantitative estimate of drug-likeness (QED) is 0.624. The molecule has 1 N–H and O–H groups in total. The van der Waals surface area contributed by atoms with Crippen molar-refractivity contribution < 1.29 is 0 Å². The molecule has 100 valence electrons. The topological polar surface area (TPSA) is 12.0 Å². The van der Waals surface area contributed by atoms with Crippen molar-refractivity contribution in [2.45, 2.75) is 34.6 Å². The van der Waals surface area contributed by atoms with Gasteiger partial charge in [-0.3, -0.25) is 0 Å². The highest BCUT2D eigenvalue weighted by Gasteiger charge is 2.12. The van der Waals surface area contributed by atoms with Crippen molar-refractivity contribution in [3.05, 3.63) is 60.5 Å². The lowest BCUT2D eigenvalue weighted by Gasteiger charge is -2.19. The molecular formula is C17H27N. The minimum Gasteiger partial charge on any atom is -0.368 e. The predicted molar refractivity (Wildman–Crippen MR) is 83.1 cm³/mol. The SMILES string of the molecule is C=C/C=C(/C)C(C)C(=C\C(C)C)/C(C)=C/NC=C. The molecule has 1 atom stereocenters. The fourth-order valence-electron chi connectivity index (χ4n) is 1.82. The molecule has 0 spiro atoms. The maximum atomic E-state index is 3.76. The Hall–Kier alpha value is -1.50. The van der Waals surface area contributed by atoms with Crippen LogP contribution in [0.5, 0.6) is 0 Å². The van der Waals surface area contributed by atoms with Crippen molar-refractivity contribution in [2.75, 3.05) is 0 Å². The average molecular weight is 245 g/mol. The first kappa shape index (κ1) is 16.5. The van der Waals surface area contributed by atoms with Crippen LogP contribution in [0.3, 0.4) is 0 Å². The molecule has 0 aromatic carbocycles. The molecule has 0 aromatic rings. The van der Waals surface area contributed by atoms with Gasteiger partial charge in [0.15, 0.2) is 0 Å². The van der Waals surface area contributed by atoms with Gasteiger partial charge in [0.25, 0.3) is 0 Å². The molecule has 0 saturated heterocycles. The third-order valence-corrected chi connectivity index (χ3v) is 2.92. The van der Waals surface area contributed by atoms with Gasteiger partial charge in [-0.25, -0.2) is 0 Å². The monoisotopic (exact) mass is 245 g/mol.